The lowest BCUT2D eigenvalue weighted by Gasteiger charge is -2.14. The second-order valence-electron chi connectivity index (χ2n) is 5.19. The van der Waals surface area contributed by atoms with Crippen molar-refractivity contribution >= 4 is 11.6 Å². The Balaban J connectivity index is 2.26. The van der Waals surface area contributed by atoms with Gasteiger partial charge in [0.25, 0.3) is 5.91 Å². The Bertz CT molecular complexity index is 697. The van der Waals surface area contributed by atoms with Gasteiger partial charge in [0.1, 0.15) is 17.2 Å². The van der Waals surface area contributed by atoms with E-state index in [1.165, 1.54) is 19.2 Å². The van der Waals surface area contributed by atoms with Crippen LogP contribution in [-0.4, -0.2) is 24.7 Å². The molecule has 0 aliphatic rings. The molecule has 0 atom stereocenters. The molecule has 5 heteroatoms. The van der Waals surface area contributed by atoms with Gasteiger partial charge in [0.05, 0.1) is 25.0 Å². The third-order valence-electron chi connectivity index (χ3n) is 3.30. The van der Waals surface area contributed by atoms with Crippen LogP contribution in [0, 0.1) is 6.92 Å². The van der Waals surface area contributed by atoms with Crippen LogP contribution in [0.3, 0.4) is 0 Å². The Morgan fingerprint density at radius 3 is 2.70 bits per heavy atom. The van der Waals surface area contributed by atoms with Crippen molar-refractivity contribution in [3.05, 3.63) is 47.5 Å². The van der Waals surface area contributed by atoms with Gasteiger partial charge in [-0.05, 0) is 49.2 Å². The van der Waals surface area contributed by atoms with Crippen molar-refractivity contribution in [2.45, 2.75) is 20.3 Å². The number of ether oxygens (including phenoxy) is 2. The number of aromatic hydroxyl groups is 1. The number of methoxy groups -OCH3 is 1. The summed E-state index contributed by atoms with van der Waals surface area (Å²) in [5, 5.41) is 12.7. The third-order valence-corrected chi connectivity index (χ3v) is 3.30. The SMILES string of the molecule is CCCOc1cc(C)ccc1NC(=O)c1cc(OC)ccc1O. The summed E-state index contributed by atoms with van der Waals surface area (Å²) < 4.78 is 10.8. The van der Waals surface area contributed by atoms with E-state index in [1.807, 2.05) is 26.0 Å². The average molecular weight is 315 g/mol. The first kappa shape index (κ1) is 16.7. The molecular weight excluding hydrogens is 294 g/mol. The van der Waals surface area contributed by atoms with Crippen molar-refractivity contribution in [1.29, 1.82) is 0 Å². The van der Waals surface area contributed by atoms with Crippen LogP contribution < -0.4 is 14.8 Å². The van der Waals surface area contributed by atoms with Gasteiger partial charge in [-0.25, -0.2) is 0 Å². The van der Waals surface area contributed by atoms with Crippen LogP contribution in [0.1, 0.15) is 29.3 Å². The number of phenolic OH excluding ortho intramolecular Hbond substituents is 1. The van der Waals surface area contributed by atoms with Crippen LogP contribution in [0.25, 0.3) is 0 Å². The Morgan fingerprint density at radius 1 is 1.22 bits per heavy atom. The maximum absolute atomic E-state index is 12.4. The minimum absolute atomic E-state index is 0.105. The molecule has 0 spiro atoms. The van der Waals surface area contributed by atoms with E-state index in [1.54, 1.807) is 12.1 Å². The maximum atomic E-state index is 12.4. The molecule has 0 aliphatic carbocycles. The monoisotopic (exact) mass is 315 g/mol. The van der Waals surface area contributed by atoms with Gasteiger partial charge in [-0.2, -0.15) is 0 Å². The van der Waals surface area contributed by atoms with E-state index in [0.29, 0.717) is 23.8 Å². The number of hydrogen-bond acceptors (Lipinski definition) is 4. The first-order chi connectivity index (χ1) is 11.0. The lowest BCUT2D eigenvalue weighted by Crippen LogP contribution is -2.13. The predicted molar refractivity (Wildman–Crippen MR) is 89.6 cm³/mol. The molecule has 0 fully saturated rings. The zero-order valence-electron chi connectivity index (χ0n) is 13.6. The highest BCUT2D eigenvalue weighted by molar-refractivity contribution is 6.07. The first-order valence-corrected chi connectivity index (χ1v) is 7.47. The van der Waals surface area contributed by atoms with Crippen molar-refractivity contribution in [2.75, 3.05) is 19.0 Å². The normalized spacial score (nSPS) is 10.2. The summed E-state index contributed by atoms with van der Waals surface area (Å²) in [5.41, 5.74) is 1.75. The number of anilines is 1. The van der Waals surface area contributed by atoms with E-state index in [2.05, 4.69) is 5.32 Å². The lowest BCUT2D eigenvalue weighted by molar-refractivity contribution is 0.102. The highest BCUT2D eigenvalue weighted by Crippen LogP contribution is 2.28. The predicted octanol–water partition coefficient (Wildman–Crippen LogP) is 3.75. The number of amides is 1. The van der Waals surface area contributed by atoms with Gasteiger partial charge in [-0.1, -0.05) is 13.0 Å². The van der Waals surface area contributed by atoms with Gasteiger partial charge in [-0.3, -0.25) is 4.79 Å². The molecule has 0 aromatic heterocycles. The van der Waals surface area contributed by atoms with Gasteiger partial charge in [0.15, 0.2) is 0 Å². The highest BCUT2D eigenvalue weighted by Gasteiger charge is 2.15. The minimum atomic E-state index is -0.424. The zero-order chi connectivity index (χ0) is 16.8. The quantitative estimate of drug-likeness (QED) is 0.852. The maximum Gasteiger partial charge on any atom is 0.259 e. The summed E-state index contributed by atoms with van der Waals surface area (Å²) in [6, 6.07) is 10.1. The summed E-state index contributed by atoms with van der Waals surface area (Å²) in [6.07, 6.45) is 0.873. The van der Waals surface area contributed by atoms with E-state index < -0.39 is 5.91 Å². The Morgan fingerprint density at radius 2 is 2.00 bits per heavy atom. The molecule has 23 heavy (non-hydrogen) atoms. The Kier molecular flexibility index (Phi) is 5.46. The molecule has 0 bridgehead atoms. The van der Waals surface area contributed by atoms with Gasteiger partial charge < -0.3 is 19.9 Å². The summed E-state index contributed by atoms with van der Waals surface area (Å²) in [5.74, 6) is 0.583. The molecule has 0 unspecified atom stereocenters. The number of nitrogens with one attached hydrogen (secondary N) is 1. The molecule has 2 aromatic carbocycles. The summed E-state index contributed by atoms with van der Waals surface area (Å²) in [6.45, 7) is 4.54. The van der Waals surface area contributed by atoms with Crippen LogP contribution in [0.5, 0.6) is 17.2 Å². The van der Waals surface area contributed by atoms with Crippen LogP contribution in [0.15, 0.2) is 36.4 Å². The van der Waals surface area contributed by atoms with Crippen molar-refractivity contribution in [3.63, 3.8) is 0 Å². The van der Waals surface area contributed by atoms with Crippen molar-refractivity contribution < 1.29 is 19.4 Å². The van der Waals surface area contributed by atoms with Crippen LogP contribution in [0.2, 0.25) is 0 Å². The number of benzene rings is 2. The molecule has 2 N–H and O–H groups in total. The minimum Gasteiger partial charge on any atom is -0.507 e. The van der Waals surface area contributed by atoms with Crippen molar-refractivity contribution in [2.24, 2.45) is 0 Å². The second kappa shape index (κ2) is 7.54. The Labute approximate surface area is 135 Å². The largest absolute Gasteiger partial charge is 0.507 e. The smallest absolute Gasteiger partial charge is 0.259 e. The fourth-order valence-corrected chi connectivity index (χ4v) is 2.08. The average Bonchev–Trinajstić information content (AvgIpc) is 2.55. The van der Waals surface area contributed by atoms with Crippen molar-refractivity contribution in [3.8, 4) is 17.2 Å². The summed E-state index contributed by atoms with van der Waals surface area (Å²) in [4.78, 5) is 12.4. The molecule has 122 valence electrons. The van der Waals surface area contributed by atoms with E-state index in [0.717, 1.165) is 12.0 Å². The molecule has 5 nitrogen and oxygen atoms in total. The van der Waals surface area contributed by atoms with Crippen LogP contribution in [-0.2, 0) is 0 Å². The van der Waals surface area contributed by atoms with E-state index in [9.17, 15) is 9.90 Å². The van der Waals surface area contributed by atoms with Gasteiger partial charge >= 0.3 is 0 Å². The molecule has 0 saturated carbocycles. The lowest BCUT2D eigenvalue weighted by atomic mass is 10.1. The molecule has 0 saturated heterocycles. The van der Waals surface area contributed by atoms with Crippen LogP contribution >= 0.6 is 0 Å². The van der Waals surface area contributed by atoms with Crippen LogP contribution in [0.4, 0.5) is 5.69 Å². The molecule has 0 radical (unpaired) electrons. The van der Waals surface area contributed by atoms with Gasteiger partial charge in [0, 0.05) is 0 Å². The fraction of sp³-hybridized carbons (Fsp3) is 0.278. The Hall–Kier alpha value is -2.69. The number of phenols is 1. The van der Waals surface area contributed by atoms with E-state index in [4.69, 9.17) is 9.47 Å². The third kappa shape index (κ3) is 4.16. The van der Waals surface area contributed by atoms with E-state index in [-0.39, 0.29) is 11.3 Å². The highest BCUT2D eigenvalue weighted by atomic mass is 16.5. The first-order valence-electron chi connectivity index (χ1n) is 7.47. The molecule has 0 aliphatic heterocycles. The molecule has 0 heterocycles. The topological polar surface area (TPSA) is 67.8 Å². The number of rotatable bonds is 6. The fourth-order valence-electron chi connectivity index (χ4n) is 2.08. The van der Waals surface area contributed by atoms with E-state index >= 15 is 0 Å². The molecule has 1 amide bonds. The van der Waals surface area contributed by atoms with Gasteiger partial charge in [-0.15, -0.1) is 0 Å². The summed E-state index contributed by atoms with van der Waals surface area (Å²) >= 11 is 0. The number of aryl methyl sites for hydroxylation is 1. The van der Waals surface area contributed by atoms with Gasteiger partial charge in [0.2, 0.25) is 0 Å². The number of carbonyl (C=O) groups excluding carboxylic acids is 1. The number of hydrogen-bond donors (Lipinski definition) is 2. The molecular formula is C18H21NO4. The zero-order valence-corrected chi connectivity index (χ0v) is 13.6. The molecule has 2 aromatic rings. The summed E-state index contributed by atoms with van der Waals surface area (Å²) in [7, 11) is 1.50. The van der Waals surface area contributed by atoms with Crippen molar-refractivity contribution in [1.82, 2.24) is 0 Å². The number of carbonyl (C=O) groups is 1. The molecule has 2 rings (SSSR count). The second-order valence-corrected chi connectivity index (χ2v) is 5.19. The standard InChI is InChI=1S/C18H21NO4/c1-4-9-23-17-10-12(2)5-7-15(17)19-18(21)14-11-13(22-3)6-8-16(14)20/h5-8,10-11,20H,4,9H2,1-3H3,(H,19,21).